The summed E-state index contributed by atoms with van der Waals surface area (Å²) in [5.41, 5.74) is 1.07. The zero-order chi connectivity index (χ0) is 19.6. The van der Waals surface area contributed by atoms with E-state index in [1.54, 1.807) is 26.0 Å². The molecule has 2 amide bonds. The highest BCUT2D eigenvalue weighted by atomic mass is 16.6. The lowest BCUT2D eigenvalue weighted by Gasteiger charge is -2.33. The van der Waals surface area contributed by atoms with Gasteiger partial charge in [-0.3, -0.25) is 9.69 Å². The summed E-state index contributed by atoms with van der Waals surface area (Å²) >= 11 is 0. The SMILES string of the molecule is CCOC(=O)N1CCN(CC(=O)NCCc2ccc(OC)c(OC)c2)CC1. The van der Waals surface area contributed by atoms with E-state index in [2.05, 4.69) is 5.32 Å². The predicted octanol–water partition coefficient (Wildman–Crippen LogP) is 1.14. The Kier molecular flexibility index (Phi) is 8.19. The Balaban J connectivity index is 1.69. The first-order chi connectivity index (χ1) is 13.1. The van der Waals surface area contributed by atoms with Gasteiger partial charge in [0.1, 0.15) is 0 Å². The average Bonchev–Trinajstić information content (AvgIpc) is 2.68. The Morgan fingerprint density at radius 3 is 2.41 bits per heavy atom. The first kappa shape index (κ1) is 20.8. The van der Waals surface area contributed by atoms with Crippen LogP contribution in [0.1, 0.15) is 12.5 Å². The molecule has 0 bridgehead atoms. The smallest absolute Gasteiger partial charge is 0.409 e. The van der Waals surface area contributed by atoms with Crippen molar-refractivity contribution in [2.75, 3.05) is 60.1 Å². The molecule has 1 aliphatic heterocycles. The first-order valence-electron chi connectivity index (χ1n) is 9.19. The van der Waals surface area contributed by atoms with E-state index in [9.17, 15) is 9.59 Å². The Bertz CT molecular complexity index is 630. The number of carbonyl (C=O) groups is 2. The fourth-order valence-corrected chi connectivity index (χ4v) is 2.94. The molecule has 1 aromatic carbocycles. The summed E-state index contributed by atoms with van der Waals surface area (Å²) in [7, 11) is 3.20. The molecule has 27 heavy (non-hydrogen) atoms. The van der Waals surface area contributed by atoms with Crippen LogP contribution >= 0.6 is 0 Å². The van der Waals surface area contributed by atoms with Crippen LogP contribution in [-0.4, -0.2) is 81.9 Å². The van der Waals surface area contributed by atoms with Gasteiger partial charge in [0.05, 0.1) is 27.4 Å². The minimum Gasteiger partial charge on any atom is -0.493 e. The molecule has 2 rings (SSSR count). The van der Waals surface area contributed by atoms with Crippen molar-refractivity contribution in [3.05, 3.63) is 23.8 Å². The number of piperazine rings is 1. The van der Waals surface area contributed by atoms with E-state index < -0.39 is 0 Å². The van der Waals surface area contributed by atoms with Crippen molar-refractivity contribution < 1.29 is 23.8 Å². The van der Waals surface area contributed by atoms with E-state index >= 15 is 0 Å². The number of ether oxygens (including phenoxy) is 3. The molecule has 8 heteroatoms. The summed E-state index contributed by atoms with van der Waals surface area (Å²) < 4.78 is 15.5. The normalized spacial score (nSPS) is 14.6. The van der Waals surface area contributed by atoms with Gasteiger partial charge >= 0.3 is 6.09 Å². The van der Waals surface area contributed by atoms with Crippen LogP contribution in [-0.2, 0) is 16.0 Å². The summed E-state index contributed by atoms with van der Waals surface area (Å²) in [6, 6.07) is 5.74. The van der Waals surface area contributed by atoms with Gasteiger partial charge in [0.25, 0.3) is 0 Å². The van der Waals surface area contributed by atoms with E-state index in [1.165, 1.54) is 0 Å². The molecule has 0 unspecified atom stereocenters. The maximum Gasteiger partial charge on any atom is 0.409 e. The molecular formula is C19H29N3O5. The van der Waals surface area contributed by atoms with Gasteiger partial charge in [0, 0.05) is 32.7 Å². The molecular weight excluding hydrogens is 350 g/mol. The van der Waals surface area contributed by atoms with Crippen LogP contribution in [0.5, 0.6) is 11.5 Å². The number of hydrogen-bond acceptors (Lipinski definition) is 6. The molecule has 1 saturated heterocycles. The van der Waals surface area contributed by atoms with E-state index in [1.807, 2.05) is 23.1 Å². The van der Waals surface area contributed by atoms with Crippen LogP contribution in [0.15, 0.2) is 18.2 Å². The topological polar surface area (TPSA) is 80.3 Å². The Labute approximate surface area is 160 Å². The second kappa shape index (κ2) is 10.6. The number of nitrogens with zero attached hydrogens (tertiary/aromatic N) is 2. The van der Waals surface area contributed by atoms with Gasteiger partial charge in [0.2, 0.25) is 5.91 Å². The van der Waals surface area contributed by atoms with Gasteiger partial charge in [-0.1, -0.05) is 6.07 Å². The molecule has 0 aromatic heterocycles. The first-order valence-corrected chi connectivity index (χ1v) is 9.19. The van der Waals surface area contributed by atoms with E-state index in [0.29, 0.717) is 63.8 Å². The summed E-state index contributed by atoms with van der Waals surface area (Å²) in [4.78, 5) is 27.5. The molecule has 0 spiro atoms. The van der Waals surface area contributed by atoms with Crippen molar-refractivity contribution in [1.82, 2.24) is 15.1 Å². The number of carbonyl (C=O) groups excluding carboxylic acids is 2. The van der Waals surface area contributed by atoms with Gasteiger partial charge < -0.3 is 24.4 Å². The van der Waals surface area contributed by atoms with E-state index in [4.69, 9.17) is 14.2 Å². The van der Waals surface area contributed by atoms with Crippen LogP contribution < -0.4 is 14.8 Å². The third-order valence-corrected chi connectivity index (χ3v) is 4.45. The number of hydrogen-bond donors (Lipinski definition) is 1. The van der Waals surface area contributed by atoms with Crippen molar-refractivity contribution in [3.8, 4) is 11.5 Å². The Morgan fingerprint density at radius 1 is 1.07 bits per heavy atom. The second-order valence-electron chi connectivity index (χ2n) is 6.25. The zero-order valence-electron chi connectivity index (χ0n) is 16.3. The molecule has 8 nitrogen and oxygen atoms in total. The molecule has 1 N–H and O–H groups in total. The summed E-state index contributed by atoms with van der Waals surface area (Å²) in [6.07, 6.45) is 0.430. The minimum atomic E-state index is -0.281. The van der Waals surface area contributed by atoms with Crippen LogP contribution in [0.2, 0.25) is 0 Å². The van der Waals surface area contributed by atoms with E-state index in [-0.39, 0.29) is 12.0 Å². The quantitative estimate of drug-likeness (QED) is 0.730. The van der Waals surface area contributed by atoms with Gasteiger partial charge in [0.15, 0.2) is 11.5 Å². The van der Waals surface area contributed by atoms with Crippen molar-refractivity contribution >= 4 is 12.0 Å². The second-order valence-corrected chi connectivity index (χ2v) is 6.25. The number of rotatable bonds is 8. The highest BCUT2D eigenvalue weighted by molar-refractivity contribution is 5.78. The molecule has 1 heterocycles. The van der Waals surface area contributed by atoms with Crippen molar-refractivity contribution in [2.24, 2.45) is 0 Å². The fraction of sp³-hybridized carbons (Fsp3) is 0.579. The lowest BCUT2D eigenvalue weighted by Crippen LogP contribution is -2.51. The third-order valence-electron chi connectivity index (χ3n) is 4.45. The molecule has 0 radical (unpaired) electrons. The zero-order valence-corrected chi connectivity index (χ0v) is 16.3. The van der Waals surface area contributed by atoms with Gasteiger partial charge in [-0.05, 0) is 31.0 Å². The van der Waals surface area contributed by atoms with Crippen molar-refractivity contribution in [3.63, 3.8) is 0 Å². The summed E-state index contributed by atoms with van der Waals surface area (Å²) in [5.74, 6) is 1.35. The highest BCUT2D eigenvalue weighted by Gasteiger charge is 2.22. The summed E-state index contributed by atoms with van der Waals surface area (Å²) in [6.45, 7) is 5.56. The predicted molar refractivity (Wildman–Crippen MR) is 101 cm³/mol. The monoisotopic (exact) mass is 379 g/mol. The Hall–Kier alpha value is -2.48. The molecule has 1 fully saturated rings. The fourth-order valence-electron chi connectivity index (χ4n) is 2.94. The number of amides is 2. The largest absolute Gasteiger partial charge is 0.493 e. The number of methoxy groups -OCH3 is 2. The molecule has 0 aliphatic carbocycles. The van der Waals surface area contributed by atoms with Crippen LogP contribution in [0.4, 0.5) is 4.79 Å². The van der Waals surface area contributed by atoms with Gasteiger partial charge in [-0.2, -0.15) is 0 Å². The van der Waals surface area contributed by atoms with Gasteiger partial charge in [-0.15, -0.1) is 0 Å². The molecule has 1 aliphatic rings. The molecule has 0 saturated carbocycles. The van der Waals surface area contributed by atoms with Gasteiger partial charge in [-0.25, -0.2) is 4.79 Å². The molecule has 150 valence electrons. The van der Waals surface area contributed by atoms with Crippen LogP contribution in [0, 0.1) is 0 Å². The lowest BCUT2D eigenvalue weighted by molar-refractivity contribution is -0.122. The third kappa shape index (κ3) is 6.32. The van der Waals surface area contributed by atoms with E-state index in [0.717, 1.165) is 5.56 Å². The number of nitrogens with one attached hydrogen (secondary N) is 1. The molecule has 1 aromatic rings. The number of benzene rings is 1. The highest BCUT2D eigenvalue weighted by Crippen LogP contribution is 2.27. The maximum atomic E-state index is 12.1. The minimum absolute atomic E-state index is 0.0138. The van der Waals surface area contributed by atoms with Crippen LogP contribution in [0.3, 0.4) is 0 Å². The molecule has 0 atom stereocenters. The lowest BCUT2D eigenvalue weighted by atomic mass is 10.1. The standard InChI is InChI=1S/C19H29N3O5/c1-4-27-19(24)22-11-9-21(10-12-22)14-18(23)20-8-7-15-5-6-16(25-2)17(13-15)26-3/h5-6,13H,4,7-12,14H2,1-3H3,(H,20,23). The average molecular weight is 379 g/mol. The van der Waals surface area contributed by atoms with Crippen molar-refractivity contribution in [2.45, 2.75) is 13.3 Å². The summed E-state index contributed by atoms with van der Waals surface area (Å²) in [5, 5.41) is 2.94. The maximum absolute atomic E-state index is 12.1. The van der Waals surface area contributed by atoms with Crippen molar-refractivity contribution in [1.29, 1.82) is 0 Å². The van der Waals surface area contributed by atoms with Crippen LogP contribution in [0.25, 0.3) is 0 Å². The Morgan fingerprint density at radius 2 is 1.78 bits per heavy atom.